The SMILES string of the molecule is CN(C)C(=O)CN=C(NCCc1ccco1)NC1C2CCOC2C1(C)C. The minimum absolute atomic E-state index is 0.0212. The maximum absolute atomic E-state index is 11.9. The zero-order chi connectivity index (χ0) is 18.7. The average molecular weight is 362 g/mol. The van der Waals surface area contributed by atoms with E-state index in [-0.39, 0.29) is 17.9 Å². The van der Waals surface area contributed by atoms with Crippen LogP contribution in [0.3, 0.4) is 0 Å². The quantitative estimate of drug-likeness (QED) is 0.588. The van der Waals surface area contributed by atoms with Crippen molar-refractivity contribution in [3.8, 4) is 0 Å². The number of ether oxygens (including phenoxy) is 1. The van der Waals surface area contributed by atoms with E-state index in [0.717, 1.165) is 25.2 Å². The minimum Gasteiger partial charge on any atom is -0.469 e. The van der Waals surface area contributed by atoms with Crippen LogP contribution >= 0.6 is 0 Å². The summed E-state index contributed by atoms with van der Waals surface area (Å²) in [5.41, 5.74) is 0.0518. The van der Waals surface area contributed by atoms with Gasteiger partial charge in [-0.25, -0.2) is 4.99 Å². The highest BCUT2D eigenvalue weighted by Gasteiger charge is 2.59. The Morgan fingerprint density at radius 3 is 2.92 bits per heavy atom. The second-order valence-corrected chi connectivity index (χ2v) is 7.90. The van der Waals surface area contributed by atoms with Gasteiger partial charge < -0.3 is 24.7 Å². The summed E-state index contributed by atoms with van der Waals surface area (Å²) in [5.74, 6) is 2.09. The molecule has 1 aromatic rings. The molecule has 7 nitrogen and oxygen atoms in total. The number of likely N-dealkylation sites (N-methyl/N-ethyl adjacent to an activating group) is 1. The van der Waals surface area contributed by atoms with Crippen molar-refractivity contribution in [1.82, 2.24) is 15.5 Å². The van der Waals surface area contributed by atoms with Crippen molar-refractivity contribution in [3.05, 3.63) is 24.2 Å². The molecule has 2 N–H and O–H groups in total. The fourth-order valence-electron chi connectivity index (χ4n) is 3.96. The maximum Gasteiger partial charge on any atom is 0.243 e. The van der Waals surface area contributed by atoms with Crippen LogP contribution in [0.5, 0.6) is 0 Å². The molecule has 0 aromatic carbocycles. The predicted molar refractivity (Wildman–Crippen MR) is 100.0 cm³/mol. The molecule has 1 amide bonds. The molecule has 2 aliphatic rings. The summed E-state index contributed by atoms with van der Waals surface area (Å²) in [6.07, 6.45) is 3.82. The monoisotopic (exact) mass is 362 g/mol. The number of hydrogen-bond donors (Lipinski definition) is 2. The Kier molecular flexibility index (Phi) is 5.55. The molecule has 1 aliphatic heterocycles. The van der Waals surface area contributed by atoms with E-state index < -0.39 is 0 Å². The fraction of sp³-hybridized carbons (Fsp3) is 0.684. The third kappa shape index (κ3) is 3.87. The van der Waals surface area contributed by atoms with Crippen molar-refractivity contribution >= 4 is 11.9 Å². The first kappa shape index (κ1) is 18.8. The topological polar surface area (TPSA) is 79.1 Å². The third-order valence-corrected chi connectivity index (χ3v) is 5.51. The lowest BCUT2D eigenvalue weighted by molar-refractivity contribution is -0.127. The van der Waals surface area contributed by atoms with Crippen molar-refractivity contribution in [2.24, 2.45) is 16.3 Å². The van der Waals surface area contributed by atoms with E-state index in [1.54, 1.807) is 25.3 Å². The van der Waals surface area contributed by atoms with Gasteiger partial charge in [-0.2, -0.15) is 0 Å². The standard InChI is InChI=1S/C19H30N4O3/c1-19(2)16(14-8-11-26-17(14)19)22-18(21-12-15(24)23(3)4)20-9-7-13-6-5-10-25-13/h5-6,10,14,16-17H,7-9,11-12H2,1-4H3,(H2,20,21,22). The minimum atomic E-state index is -0.0212. The van der Waals surface area contributed by atoms with Gasteiger partial charge in [-0.1, -0.05) is 13.8 Å². The summed E-state index contributed by atoms with van der Waals surface area (Å²) in [6, 6.07) is 4.13. The van der Waals surface area contributed by atoms with Gasteiger partial charge in [-0.3, -0.25) is 4.79 Å². The van der Waals surface area contributed by atoms with Gasteiger partial charge in [0.15, 0.2) is 5.96 Å². The van der Waals surface area contributed by atoms with Gasteiger partial charge in [-0.05, 0) is 18.6 Å². The molecule has 2 heterocycles. The number of nitrogens with zero attached hydrogens (tertiary/aromatic N) is 2. The van der Waals surface area contributed by atoms with Crippen LogP contribution in [0.4, 0.5) is 0 Å². The molecular weight excluding hydrogens is 332 g/mol. The van der Waals surface area contributed by atoms with Crippen LogP contribution < -0.4 is 10.6 Å². The summed E-state index contributed by atoms with van der Waals surface area (Å²) in [5, 5.41) is 6.88. The van der Waals surface area contributed by atoms with Gasteiger partial charge in [0.25, 0.3) is 0 Å². The molecule has 3 atom stereocenters. The number of carbonyl (C=O) groups excluding carboxylic acids is 1. The lowest BCUT2D eigenvalue weighted by atomic mass is 9.57. The first-order valence-electron chi connectivity index (χ1n) is 9.28. The number of guanidine groups is 1. The Morgan fingerprint density at radius 2 is 2.23 bits per heavy atom. The molecule has 1 saturated heterocycles. The van der Waals surface area contributed by atoms with Gasteiger partial charge in [0.1, 0.15) is 12.3 Å². The van der Waals surface area contributed by atoms with E-state index in [9.17, 15) is 4.79 Å². The summed E-state index contributed by atoms with van der Waals surface area (Å²) in [6.45, 7) is 6.09. The number of carbonyl (C=O) groups is 1. The van der Waals surface area contributed by atoms with Crippen LogP contribution in [0.2, 0.25) is 0 Å². The molecule has 1 aliphatic carbocycles. The molecule has 1 saturated carbocycles. The second-order valence-electron chi connectivity index (χ2n) is 7.90. The van der Waals surface area contributed by atoms with Crippen molar-refractivity contribution < 1.29 is 13.9 Å². The Morgan fingerprint density at radius 1 is 1.42 bits per heavy atom. The van der Waals surface area contributed by atoms with Gasteiger partial charge in [-0.15, -0.1) is 0 Å². The second kappa shape index (κ2) is 7.70. The number of hydrogen-bond acceptors (Lipinski definition) is 4. The summed E-state index contributed by atoms with van der Waals surface area (Å²) in [4.78, 5) is 18.0. The number of rotatable bonds is 6. The molecule has 1 aromatic heterocycles. The van der Waals surface area contributed by atoms with Crippen LogP contribution in [0.25, 0.3) is 0 Å². The van der Waals surface area contributed by atoms with E-state index in [1.165, 1.54) is 0 Å². The highest BCUT2D eigenvalue weighted by atomic mass is 16.5. The Labute approximate surface area is 155 Å². The molecule has 3 unspecified atom stereocenters. The normalized spacial score (nSPS) is 26.8. The van der Waals surface area contributed by atoms with Crippen LogP contribution in [-0.2, 0) is 16.0 Å². The van der Waals surface area contributed by atoms with E-state index in [4.69, 9.17) is 9.15 Å². The van der Waals surface area contributed by atoms with E-state index in [1.807, 2.05) is 12.1 Å². The number of furan rings is 1. The Balaban J connectivity index is 1.62. The van der Waals surface area contributed by atoms with Crippen molar-refractivity contribution in [2.45, 2.75) is 38.8 Å². The lowest BCUT2D eigenvalue weighted by Gasteiger charge is -2.54. The number of amides is 1. The number of aliphatic imine (C=N–C) groups is 1. The molecule has 0 radical (unpaired) electrons. The number of fused-ring (bicyclic) bond motifs is 1. The first-order valence-corrected chi connectivity index (χ1v) is 9.28. The highest BCUT2D eigenvalue weighted by Crippen LogP contribution is 2.52. The molecule has 144 valence electrons. The zero-order valence-electron chi connectivity index (χ0n) is 16.1. The molecular formula is C19H30N4O3. The smallest absolute Gasteiger partial charge is 0.243 e. The van der Waals surface area contributed by atoms with Crippen molar-refractivity contribution in [1.29, 1.82) is 0 Å². The number of nitrogens with one attached hydrogen (secondary N) is 2. The molecule has 0 bridgehead atoms. The lowest BCUT2D eigenvalue weighted by Crippen LogP contribution is -2.68. The van der Waals surface area contributed by atoms with Crippen LogP contribution in [0.1, 0.15) is 26.0 Å². The molecule has 7 heteroatoms. The van der Waals surface area contributed by atoms with Crippen LogP contribution in [-0.4, -0.2) is 62.7 Å². The van der Waals surface area contributed by atoms with Gasteiger partial charge in [0.2, 0.25) is 5.91 Å². The fourth-order valence-corrected chi connectivity index (χ4v) is 3.96. The van der Waals surface area contributed by atoms with Gasteiger partial charge >= 0.3 is 0 Å². The van der Waals surface area contributed by atoms with Crippen LogP contribution in [0.15, 0.2) is 27.8 Å². The first-order chi connectivity index (χ1) is 12.4. The average Bonchev–Trinajstić information content (AvgIpc) is 3.26. The molecule has 2 fully saturated rings. The van der Waals surface area contributed by atoms with E-state index in [0.29, 0.717) is 30.6 Å². The summed E-state index contributed by atoms with van der Waals surface area (Å²) < 4.78 is 11.2. The van der Waals surface area contributed by atoms with Crippen molar-refractivity contribution in [3.63, 3.8) is 0 Å². The summed E-state index contributed by atoms with van der Waals surface area (Å²) in [7, 11) is 3.48. The Hall–Kier alpha value is -2.02. The largest absolute Gasteiger partial charge is 0.469 e. The summed E-state index contributed by atoms with van der Waals surface area (Å²) >= 11 is 0. The van der Waals surface area contributed by atoms with Gasteiger partial charge in [0.05, 0.1) is 12.4 Å². The Bertz CT molecular complexity index is 639. The molecule has 0 spiro atoms. The van der Waals surface area contributed by atoms with Crippen LogP contribution in [0, 0.1) is 11.3 Å². The third-order valence-electron chi connectivity index (χ3n) is 5.51. The maximum atomic E-state index is 11.9. The molecule has 3 rings (SSSR count). The van der Waals surface area contributed by atoms with E-state index in [2.05, 4.69) is 29.5 Å². The zero-order valence-corrected chi connectivity index (χ0v) is 16.1. The van der Waals surface area contributed by atoms with Gasteiger partial charge in [0, 0.05) is 51.0 Å². The highest BCUT2D eigenvalue weighted by molar-refractivity contribution is 5.85. The predicted octanol–water partition coefficient (Wildman–Crippen LogP) is 1.26. The van der Waals surface area contributed by atoms with E-state index >= 15 is 0 Å². The van der Waals surface area contributed by atoms with Crippen molar-refractivity contribution in [2.75, 3.05) is 33.8 Å². The molecule has 26 heavy (non-hydrogen) atoms.